The Morgan fingerprint density at radius 1 is 1.45 bits per heavy atom. The van der Waals surface area contributed by atoms with Crippen molar-refractivity contribution in [3.63, 3.8) is 0 Å². The molecule has 7 heteroatoms. The van der Waals surface area contributed by atoms with Crippen LogP contribution in [0.1, 0.15) is 33.6 Å². The molecule has 0 fully saturated rings. The van der Waals surface area contributed by atoms with Crippen LogP contribution >= 0.6 is 0 Å². The summed E-state index contributed by atoms with van der Waals surface area (Å²) < 4.78 is 1.57. The monoisotopic (exact) mass is 282 g/mol. The molecule has 20 heavy (non-hydrogen) atoms. The van der Waals surface area contributed by atoms with Crippen LogP contribution in [0, 0.1) is 5.41 Å². The molecular weight excluding hydrogens is 260 g/mol. The van der Waals surface area contributed by atoms with Crippen LogP contribution in [-0.2, 0) is 11.8 Å². The predicted octanol–water partition coefficient (Wildman–Crippen LogP) is 1.82. The van der Waals surface area contributed by atoms with Crippen LogP contribution in [0.15, 0.2) is 12.4 Å². The van der Waals surface area contributed by atoms with E-state index in [9.17, 15) is 9.59 Å². The smallest absolute Gasteiger partial charge is 0.319 e. The van der Waals surface area contributed by atoms with E-state index in [0.717, 1.165) is 0 Å². The Hall–Kier alpha value is -2.05. The topological polar surface area (TPSA) is 96.2 Å². The van der Waals surface area contributed by atoms with Crippen molar-refractivity contribution in [1.29, 1.82) is 0 Å². The minimum atomic E-state index is -0.930. The first kappa shape index (κ1) is 16.0. The van der Waals surface area contributed by atoms with Crippen LogP contribution in [0.3, 0.4) is 0 Å². The van der Waals surface area contributed by atoms with Crippen LogP contribution in [0.25, 0.3) is 0 Å². The Morgan fingerprint density at radius 2 is 2.10 bits per heavy atom. The highest BCUT2D eigenvalue weighted by atomic mass is 16.4. The second-order valence-electron chi connectivity index (χ2n) is 6.06. The number of nitrogens with zero attached hydrogens (tertiary/aromatic N) is 2. The minimum absolute atomic E-state index is 0.0678. The summed E-state index contributed by atoms with van der Waals surface area (Å²) >= 11 is 0. The number of carbonyl (C=O) groups excluding carboxylic acids is 1. The van der Waals surface area contributed by atoms with E-state index in [1.54, 1.807) is 17.9 Å². The van der Waals surface area contributed by atoms with E-state index in [4.69, 9.17) is 5.11 Å². The number of anilines is 1. The molecule has 1 rings (SSSR count). The Bertz CT molecular complexity index is 476. The molecule has 0 spiro atoms. The highest BCUT2D eigenvalue weighted by Gasteiger charge is 2.22. The lowest BCUT2D eigenvalue weighted by Gasteiger charge is -2.25. The molecule has 0 aliphatic heterocycles. The van der Waals surface area contributed by atoms with Gasteiger partial charge in [0.25, 0.3) is 0 Å². The summed E-state index contributed by atoms with van der Waals surface area (Å²) in [5.74, 6) is -0.930. The number of carboxylic acid groups (broad SMARTS) is 1. The number of hydrogen-bond acceptors (Lipinski definition) is 3. The molecule has 0 saturated carbocycles. The van der Waals surface area contributed by atoms with E-state index in [-0.39, 0.29) is 11.8 Å². The molecule has 2 amide bonds. The van der Waals surface area contributed by atoms with Gasteiger partial charge in [-0.3, -0.25) is 9.48 Å². The van der Waals surface area contributed by atoms with Crippen LogP contribution in [0.5, 0.6) is 0 Å². The molecule has 0 aliphatic rings. The van der Waals surface area contributed by atoms with E-state index in [1.807, 2.05) is 20.8 Å². The Balaban J connectivity index is 2.59. The molecule has 1 aromatic heterocycles. The Labute approximate surface area is 118 Å². The molecule has 1 aromatic rings. The zero-order chi connectivity index (χ0) is 15.3. The minimum Gasteiger partial charge on any atom is -0.481 e. The van der Waals surface area contributed by atoms with Gasteiger partial charge in [0, 0.05) is 19.3 Å². The fourth-order valence-corrected chi connectivity index (χ4v) is 1.96. The first-order valence-electron chi connectivity index (χ1n) is 6.44. The Morgan fingerprint density at radius 3 is 2.55 bits per heavy atom. The van der Waals surface area contributed by atoms with Gasteiger partial charge in [0.05, 0.1) is 18.3 Å². The Kier molecular flexibility index (Phi) is 5.12. The van der Waals surface area contributed by atoms with Crippen molar-refractivity contribution in [3.05, 3.63) is 12.4 Å². The third kappa shape index (κ3) is 6.21. The summed E-state index contributed by atoms with van der Waals surface area (Å²) in [6, 6.07) is -0.835. The molecule has 1 unspecified atom stereocenters. The fourth-order valence-electron chi connectivity index (χ4n) is 1.96. The van der Waals surface area contributed by atoms with Crippen molar-refractivity contribution < 1.29 is 14.7 Å². The largest absolute Gasteiger partial charge is 0.481 e. The average Bonchev–Trinajstić information content (AvgIpc) is 2.59. The molecule has 0 bridgehead atoms. The predicted molar refractivity (Wildman–Crippen MR) is 75.5 cm³/mol. The van der Waals surface area contributed by atoms with Crippen LogP contribution in [0.2, 0.25) is 0 Å². The van der Waals surface area contributed by atoms with Crippen molar-refractivity contribution in [3.8, 4) is 0 Å². The number of hydrogen-bond donors (Lipinski definition) is 3. The first-order chi connectivity index (χ1) is 9.15. The van der Waals surface area contributed by atoms with Crippen LogP contribution < -0.4 is 10.6 Å². The summed E-state index contributed by atoms with van der Waals surface area (Å²) in [4.78, 5) is 22.7. The molecule has 3 N–H and O–H groups in total. The van der Waals surface area contributed by atoms with Crippen molar-refractivity contribution in [1.82, 2.24) is 15.1 Å². The van der Waals surface area contributed by atoms with Gasteiger partial charge in [-0.1, -0.05) is 20.8 Å². The van der Waals surface area contributed by atoms with E-state index in [1.165, 1.54) is 6.20 Å². The first-order valence-corrected chi connectivity index (χ1v) is 6.44. The molecule has 112 valence electrons. The van der Waals surface area contributed by atoms with E-state index in [2.05, 4.69) is 15.7 Å². The van der Waals surface area contributed by atoms with Crippen molar-refractivity contribution in [2.75, 3.05) is 5.32 Å². The highest BCUT2D eigenvalue weighted by molar-refractivity contribution is 5.89. The van der Waals surface area contributed by atoms with Gasteiger partial charge >= 0.3 is 12.0 Å². The molecule has 1 heterocycles. The number of rotatable bonds is 5. The number of nitrogens with one attached hydrogen (secondary N) is 2. The van der Waals surface area contributed by atoms with Crippen LogP contribution in [0.4, 0.5) is 10.5 Å². The molecule has 1 atom stereocenters. The normalized spacial score (nSPS) is 12.8. The van der Waals surface area contributed by atoms with Gasteiger partial charge in [-0.15, -0.1) is 0 Å². The number of carboxylic acids is 1. The lowest BCUT2D eigenvalue weighted by atomic mass is 9.87. The molecular formula is C13H22N4O3. The summed E-state index contributed by atoms with van der Waals surface area (Å²) in [5, 5.41) is 18.2. The fraction of sp³-hybridized carbons (Fsp3) is 0.615. The zero-order valence-electron chi connectivity index (χ0n) is 12.3. The van der Waals surface area contributed by atoms with Gasteiger partial charge in [0.1, 0.15) is 0 Å². The van der Waals surface area contributed by atoms with Gasteiger partial charge in [0.2, 0.25) is 0 Å². The lowest BCUT2D eigenvalue weighted by Crippen LogP contribution is -2.41. The van der Waals surface area contributed by atoms with Crippen molar-refractivity contribution in [2.45, 2.75) is 39.7 Å². The second kappa shape index (κ2) is 6.40. The van der Waals surface area contributed by atoms with Crippen LogP contribution in [-0.4, -0.2) is 32.9 Å². The SMILES string of the molecule is Cn1cc(NC(=O)NC(CC(=O)O)CC(C)(C)C)cn1. The van der Waals surface area contributed by atoms with Gasteiger partial charge < -0.3 is 15.7 Å². The quantitative estimate of drug-likeness (QED) is 0.767. The molecule has 0 radical (unpaired) electrons. The third-order valence-electron chi connectivity index (χ3n) is 2.58. The maximum absolute atomic E-state index is 11.8. The molecule has 7 nitrogen and oxygen atoms in total. The zero-order valence-corrected chi connectivity index (χ0v) is 12.3. The number of aliphatic carboxylic acids is 1. The van der Waals surface area contributed by atoms with Gasteiger partial charge in [0.15, 0.2) is 0 Å². The number of aromatic nitrogens is 2. The maximum Gasteiger partial charge on any atom is 0.319 e. The van der Waals surface area contributed by atoms with Gasteiger partial charge in [-0.25, -0.2) is 4.79 Å². The number of amides is 2. The van der Waals surface area contributed by atoms with E-state index < -0.39 is 18.0 Å². The number of urea groups is 1. The maximum atomic E-state index is 11.8. The summed E-state index contributed by atoms with van der Waals surface area (Å²) in [5.41, 5.74) is 0.497. The summed E-state index contributed by atoms with van der Waals surface area (Å²) in [6.45, 7) is 6.01. The molecule has 0 saturated heterocycles. The second-order valence-corrected chi connectivity index (χ2v) is 6.06. The lowest BCUT2D eigenvalue weighted by molar-refractivity contribution is -0.137. The number of carbonyl (C=O) groups is 2. The number of aryl methyl sites for hydroxylation is 1. The molecule has 0 aliphatic carbocycles. The summed E-state index contributed by atoms with van der Waals surface area (Å²) in [7, 11) is 1.75. The summed E-state index contributed by atoms with van der Waals surface area (Å²) in [6.07, 6.45) is 3.67. The van der Waals surface area contributed by atoms with Gasteiger partial charge in [-0.05, 0) is 11.8 Å². The average molecular weight is 282 g/mol. The van der Waals surface area contributed by atoms with E-state index >= 15 is 0 Å². The van der Waals surface area contributed by atoms with E-state index in [0.29, 0.717) is 12.1 Å². The third-order valence-corrected chi connectivity index (χ3v) is 2.58. The molecule has 0 aromatic carbocycles. The van der Waals surface area contributed by atoms with Gasteiger partial charge in [-0.2, -0.15) is 5.10 Å². The standard InChI is InChI=1S/C13H22N4O3/c1-13(2,3)6-9(5-11(18)19)15-12(20)16-10-7-14-17(4)8-10/h7-9H,5-6H2,1-4H3,(H,18,19)(H2,15,16,20). The highest BCUT2D eigenvalue weighted by Crippen LogP contribution is 2.22. The van der Waals surface area contributed by atoms with Crippen molar-refractivity contribution in [2.24, 2.45) is 12.5 Å². The van der Waals surface area contributed by atoms with Crippen molar-refractivity contribution >= 4 is 17.7 Å².